The Bertz CT molecular complexity index is 743. The highest BCUT2D eigenvalue weighted by atomic mass is 16.3. The van der Waals surface area contributed by atoms with E-state index in [-0.39, 0.29) is 11.7 Å². The van der Waals surface area contributed by atoms with Crippen LogP contribution in [0.3, 0.4) is 0 Å². The molecule has 4 saturated carbocycles. The van der Waals surface area contributed by atoms with E-state index in [1.54, 1.807) is 0 Å². The van der Waals surface area contributed by atoms with E-state index in [9.17, 15) is 5.11 Å². The zero-order valence-electron chi connectivity index (χ0n) is 23.5. The highest BCUT2D eigenvalue weighted by Crippen LogP contribution is 2.68. The molecule has 1 N–H and O–H groups in total. The molecule has 1 heteroatoms. The van der Waals surface area contributed by atoms with Crippen LogP contribution in [0.2, 0.25) is 0 Å². The van der Waals surface area contributed by atoms with Crippen molar-refractivity contribution in [3.8, 4) is 0 Å². The van der Waals surface area contributed by atoms with Gasteiger partial charge in [0.15, 0.2) is 0 Å². The summed E-state index contributed by atoms with van der Waals surface area (Å²) < 4.78 is 38.0. The fourth-order valence-corrected chi connectivity index (χ4v) is 9.01. The second-order valence-corrected chi connectivity index (χ2v) is 11.7. The summed E-state index contributed by atoms with van der Waals surface area (Å²) in [5.74, 6) is 4.47. The summed E-state index contributed by atoms with van der Waals surface area (Å²) in [5, 5.41) is 10.3. The summed E-state index contributed by atoms with van der Waals surface area (Å²) in [6.45, 7) is 4.66. The molecule has 0 aromatic heterocycles. The summed E-state index contributed by atoms with van der Waals surface area (Å²) >= 11 is 0. The molecular weight excluding hydrogens is 340 g/mol. The first-order chi connectivity index (χ1) is 15.4. The molecule has 160 valence electrons. The maximum absolute atomic E-state index is 10.3. The van der Waals surface area contributed by atoms with Gasteiger partial charge >= 0.3 is 0 Å². The number of allylic oxidation sites excluding steroid dienone is 1. The Hall–Kier alpha value is -0.300. The van der Waals surface area contributed by atoms with Crippen molar-refractivity contribution < 1.29 is 12.0 Å². The summed E-state index contributed by atoms with van der Waals surface area (Å²) in [5.41, 5.74) is 0.847. The maximum atomic E-state index is 10.3. The van der Waals surface area contributed by atoms with Crippen LogP contribution in [0, 0.1) is 46.3 Å². The van der Waals surface area contributed by atoms with Crippen molar-refractivity contribution >= 4 is 0 Å². The molecule has 0 saturated heterocycles. The average Bonchev–Trinajstić information content (AvgIpc) is 3.07. The second-order valence-electron chi connectivity index (χ2n) is 11.7. The third kappa shape index (κ3) is 3.42. The Morgan fingerprint density at radius 2 is 1.89 bits per heavy atom. The Morgan fingerprint density at radius 3 is 2.68 bits per heavy atom. The van der Waals surface area contributed by atoms with Crippen LogP contribution in [0.15, 0.2) is 12.1 Å². The topological polar surface area (TPSA) is 20.2 Å². The number of fused-ring (bicyclic) bond motifs is 5. The Kier molecular flexibility index (Phi) is 4.29. The molecule has 0 bridgehead atoms. The van der Waals surface area contributed by atoms with E-state index in [0.717, 1.165) is 43.4 Å². The first kappa shape index (κ1) is 15.5. The van der Waals surface area contributed by atoms with Gasteiger partial charge in [0.05, 0.1) is 8.85 Å². The van der Waals surface area contributed by atoms with Gasteiger partial charge in [0, 0.05) is 4.11 Å². The number of aliphatic hydroxyl groups excluding tert-OH is 1. The number of hydrogen-bond acceptors (Lipinski definition) is 1. The lowest BCUT2D eigenvalue weighted by molar-refractivity contribution is -0.129. The van der Waals surface area contributed by atoms with Crippen LogP contribution >= 0.6 is 0 Å². The van der Waals surface area contributed by atoms with Crippen LogP contribution in [0.1, 0.15) is 112 Å². The zero-order chi connectivity index (χ0) is 24.2. The molecule has 4 aliphatic rings. The summed E-state index contributed by atoms with van der Waals surface area (Å²) in [4.78, 5) is 0. The lowest BCUT2D eigenvalue weighted by Gasteiger charge is -2.61. The van der Waals surface area contributed by atoms with Crippen LogP contribution in [-0.2, 0) is 0 Å². The molecule has 4 aliphatic carbocycles. The molecule has 9 atom stereocenters. The number of aliphatic hydroxyl groups is 1. The van der Waals surface area contributed by atoms with E-state index in [4.69, 9.17) is 6.85 Å². The van der Waals surface area contributed by atoms with Gasteiger partial charge in [0.2, 0.25) is 0 Å². The van der Waals surface area contributed by atoms with Crippen molar-refractivity contribution in [3.05, 3.63) is 12.1 Å². The van der Waals surface area contributed by atoms with Crippen LogP contribution < -0.4 is 0 Å². The standard InChI is InChI=1S/C27H46O/c1-18(2)7-6-8-19(3)23-11-12-24-22-10-9-20-17-21(28)13-15-26(20,4)25(22)14-16-27(23,24)5/h19-25,28H,1,6-17H2,2-5H3/t19-,20?,21+,22+,23-,24+,25+,26+,27-/m1/s1/i1D2,2D3. The van der Waals surface area contributed by atoms with Crippen molar-refractivity contribution in [2.75, 3.05) is 0 Å². The summed E-state index contributed by atoms with van der Waals surface area (Å²) in [7, 11) is 0. The van der Waals surface area contributed by atoms with Crippen molar-refractivity contribution in [3.63, 3.8) is 0 Å². The molecule has 0 aliphatic heterocycles. The predicted molar refractivity (Wildman–Crippen MR) is 119 cm³/mol. The smallest absolute Gasteiger partial charge is 0.0543 e. The van der Waals surface area contributed by atoms with E-state index in [1.165, 1.54) is 44.9 Å². The van der Waals surface area contributed by atoms with Crippen molar-refractivity contribution in [2.45, 2.75) is 111 Å². The molecule has 0 heterocycles. The highest BCUT2D eigenvalue weighted by Gasteiger charge is 2.60. The maximum Gasteiger partial charge on any atom is 0.0543 e. The van der Waals surface area contributed by atoms with E-state index in [2.05, 4.69) is 20.8 Å². The molecule has 28 heavy (non-hydrogen) atoms. The Morgan fingerprint density at radius 1 is 1.11 bits per heavy atom. The van der Waals surface area contributed by atoms with Gasteiger partial charge in [-0.2, -0.15) is 0 Å². The van der Waals surface area contributed by atoms with Crippen molar-refractivity contribution in [2.24, 2.45) is 46.3 Å². The van der Waals surface area contributed by atoms with Crippen LogP contribution in [-0.4, -0.2) is 11.2 Å². The fraction of sp³-hybridized carbons (Fsp3) is 0.926. The number of rotatable bonds is 5. The molecule has 0 radical (unpaired) electrons. The van der Waals surface area contributed by atoms with Crippen molar-refractivity contribution in [1.82, 2.24) is 0 Å². The van der Waals surface area contributed by atoms with Gasteiger partial charge in [-0.1, -0.05) is 32.8 Å². The van der Waals surface area contributed by atoms with Gasteiger partial charge in [-0.05, 0) is 124 Å². The van der Waals surface area contributed by atoms with Gasteiger partial charge < -0.3 is 5.11 Å². The number of hydrogen-bond donors (Lipinski definition) is 1. The monoisotopic (exact) mass is 391 g/mol. The first-order valence-electron chi connectivity index (χ1n) is 14.7. The largest absolute Gasteiger partial charge is 0.393 e. The van der Waals surface area contributed by atoms with E-state index in [0.29, 0.717) is 35.0 Å². The molecule has 1 unspecified atom stereocenters. The molecule has 4 fully saturated rings. The van der Waals surface area contributed by atoms with Gasteiger partial charge in [0.25, 0.3) is 0 Å². The first-order valence-corrected chi connectivity index (χ1v) is 12.2. The summed E-state index contributed by atoms with van der Waals surface area (Å²) in [6.07, 6.45) is 13.2. The minimum Gasteiger partial charge on any atom is -0.393 e. The van der Waals surface area contributed by atoms with Crippen LogP contribution in [0.4, 0.5) is 0 Å². The molecule has 0 amide bonds. The Balaban J connectivity index is 1.41. The molecule has 4 rings (SSSR count). The second kappa shape index (κ2) is 7.75. The van der Waals surface area contributed by atoms with E-state index < -0.39 is 13.4 Å². The van der Waals surface area contributed by atoms with Crippen molar-refractivity contribution in [1.29, 1.82) is 0 Å². The van der Waals surface area contributed by atoms with Crippen LogP contribution in [0.5, 0.6) is 0 Å². The average molecular weight is 392 g/mol. The lowest BCUT2D eigenvalue weighted by Crippen LogP contribution is -2.54. The predicted octanol–water partition coefficient (Wildman–Crippen LogP) is 7.39. The van der Waals surface area contributed by atoms with Gasteiger partial charge in [-0.3, -0.25) is 0 Å². The lowest BCUT2D eigenvalue weighted by atomic mass is 9.44. The SMILES string of the molecule is [2H]C([2H])=C(CCC[C@@H](C)[C@H]1CC[C@H]2[C@@H]3CCC4C[C@@H](O)CC[C@]4(C)[C@H]3CC[C@]12C)C([2H])([2H])[2H]. The quantitative estimate of drug-likeness (QED) is 0.484. The molecule has 0 aromatic rings. The fourth-order valence-electron chi connectivity index (χ4n) is 9.01. The van der Waals surface area contributed by atoms with Gasteiger partial charge in [-0.25, -0.2) is 0 Å². The third-order valence-electron chi connectivity index (χ3n) is 10.5. The molecule has 0 aromatic carbocycles. The molecule has 0 spiro atoms. The minimum absolute atomic E-state index is 0.0216. The van der Waals surface area contributed by atoms with Crippen LogP contribution in [0.25, 0.3) is 0 Å². The zero-order valence-corrected chi connectivity index (χ0v) is 18.5. The summed E-state index contributed by atoms with van der Waals surface area (Å²) in [6, 6.07) is 0. The molecule has 1 nitrogen and oxygen atoms in total. The highest BCUT2D eigenvalue weighted by molar-refractivity contribution is 5.09. The normalized spacial score (nSPS) is 51.9. The Labute approximate surface area is 181 Å². The van der Waals surface area contributed by atoms with Gasteiger partial charge in [0.1, 0.15) is 0 Å². The molecular formula is C27H46O. The van der Waals surface area contributed by atoms with E-state index >= 15 is 0 Å². The third-order valence-corrected chi connectivity index (χ3v) is 10.5. The minimum atomic E-state index is -2.31. The van der Waals surface area contributed by atoms with E-state index in [1.807, 2.05) is 0 Å². The van der Waals surface area contributed by atoms with Gasteiger partial charge in [-0.15, -0.1) is 6.53 Å².